The van der Waals surface area contributed by atoms with E-state index in [9.17, 15) is 9.59 Å². The molecule has 2 aliphatic heterocycles. The molecule has 2 saturated heterocycles. The zero-order valence-electron chi connectivity index (χ0n) is 27.3. The van der Waals surface area contributed by atoms with Crippen molar-refractivity contribution in [2.24, 2.45) is 5.92 Å². The number of carbonyl (C=O) groups is 2. The van der Waals surface area contributed by atoms with Gasteiger partial charge in [0.25, 0.3) is 0 Å². The molecule has 0 bridgehead atoms. The molecule has 0 N–H and O–H groups in total. The Kier molecular flexibility index (Phi) is 12.4. The number of fused-ring (bicyclic) bond motifs is 1. The first-order chi connectivity index (χ1) is 20.0. The van der Waals surface area contributed by atoms with E-state index in [4.69, 9.17) is 37.9 Å². The minimum atomic E-state index is -1.11. The topological polar surface area (TPSA) is 108 Å². The number of ether oxygens (including phenoxy) is 8. The lowest BCUT2D eigenvalue weighted by molar-refractivity contribution is -0.192. The Bertz CT molecular complexity index is 1020. The first-order valence-electron chi connectivity index (χ1n) is 14.9. The van der Waals surface area contributed by atoms with Crippen molar-refractivity contribution < 1.29 is 47.5 Å². The van der Waals surface area contributed by atoms with E-state index in [1.54, 1.807) is 60.4 Å². The highest BCUT2D eigenvalue weighted by Crippen LogP contribution is 2.41. The molecule has 5 atom stereocenters. The predicted molar refractivity (Wildman–Crippen MR) is 163 cm³/mol. The number of carbonyl (C=O) groups excluding carboxylic acids is 2. The summed E-state index contributed by atoms with van der Waals surface area (Å²) in [5, 5.41) is 0. The van der Waals surface area contributed by atoms with Crippen molar-refractivity contribution in [3.8, 4) is 5.75 Å². The third-order valence-electron chi connectivity index (χ3n) is 6.58. The Morgan fingerprint density at radius 3 is 2.07 bits per heavy atom. The summed E-state index contributed by atoms with van der Waals surface area (Å²) >= 11 is 1.64. The fraction of sp³-hybridized carbons (Fsp3) is 0.750. The Balaban J connectivity index is 1.66. The van der Waals surface area contributed by atoms with Gasteiger partial charge in [0.2, 0.25) is 0 Å². The van der Waals surface area contributed by atoms with Gasteiger partial charge in [0.15, 0.2) is 11.7 Å². The van der Waals surface area contributed by atoms with Crippen molar-refractivity contribution in [3.63, 3.8) is 0 Å². The van der Waals surface area contributed by atoms with Gasteiger partial charge in [-0.15, -0.1) is 11.8 Å². The molecule has 0 unspecified atom stereocenters. The summed E-state index contributed by atoms with van der Waals surface area (Å²) < 4.78 is 47.9. The van der Waals surface area contributed by atoms with E-state index in [1.165, 1.54) is 0 Å². The van der Waals surface area contributed by atoms with E-state index in [0.29, 0.717) is 6.61 Å². The van der Waals surface area contributed by atoms with Crippen LogP contribution in [0.4, 0.5) is 0 Å². The fourth-order valence-electron chi connectivity index (χ4n) is 4.84. The molecule has 0 aliphatic carbocycles. The van der Waals surface area contributed by atoms with Crippen LogP contribution in [0.15, 0.2) is 24.3 Å². The van der Waals surface area contributed by atoms with E-state index < -0.39 is 47.1 Å². The summed E-state index contributed by atoms with van der Waals surface area (Å²) in [7, 11) is 1.64. The molecule has 3 rings (SSSR count). The van der Waals surface area contributed by atoms with Crippen LogP contribution in [0.2, 0.25) is 0 Å². The quantitative estimate of drug-likeness (QED) is 0.162. The number of methoxy groups -OCH3 is 1. The lowest BCUT2D eigenvalue weighted by Crippen LogP contribution is -2.57. The van der Waals surface area contributed by atoms with Gasteiger partial charge in [-0.1, -0.05) is 19.1 Å². The third kappa shape index (κ3) is 10.9. The van der Waals surface area contributed by atoms with Crippen molar-refractivity contribution in [1.29, 1.82) is 0 Å². The molecule has 244 valence electrons. The van der Waals surface area contributed by atoms with Crippen LogP contribution in [-0.4, -0.2) is 84.9 Å². The van der Waals surface area contributed by atoms with E-state index >= 15 is 0 Å². The Morgan fingerprint density at radius 1 is 0.953 bits per heavy atom. The van der Waals surface area contributed by atoms with E-state index in [1.807, 2.05) is 38.1 Å². The molecule has 10 nitrogen and oxygen atoms in total. The monoisotopic (exact) mass is 626 g/mol. The zero-order valence-corrected chi connectivity index (χ0v) is 28.1. The van der Waals surface area contributed by atoms with Gasteiger partial charge in [0.1, 0.15) is 46.8 Å². The van der Waals surface area contributed by atoms with Gasteiger partial charge in [0, 0.05) is 6.61 Å². The zero-order chi connectivity index (χ0) is 32.0. The predicted octanol–water partition coefficient (Wildman–Crippen LogP) is 5.28. The van der Waals surface area contributed by atoms with Crippen molar-refractivity contribution in [2.75, 3.05) is 26.1 Å². The van der Waals surface area contributed by atoms with E-state index in [-0.39, 0.29) is 37.3 Å². The average molecular weight is 627 g/mol. The summed E-state index contributed by atoms with van der Waals surface area (Å²) in [6.45, 7) is 17.0. The van der Waals surface area contributed by atoms with Gasteiger partial charge in [-0.25, -0.2) is 0 Å². The number of thioether (sulfide) groups is 1. The molecule has 0 aromatic heterocycles. The molecule has 2 heterocycles. The summed E-state index contributed by atoms with van der Waals surface area (Å²) in [5.41, 5.74) is -0.792. The molecular formula is C32H50O10S. The number of benzene rings is 1. The maximum absolute atomic E-state index is 12.9. The number of esters is 2. The number of hydrogen-bond acceptors (Lipinski definition) is 11. The molecule has 0 saturated carbocycles. The van der Waals surface area contributed by atoms with Gasteiger partial charge in [-0.2, -0.15) is 0 Å². The largest absolute Gasteiger partial charge is 0.497 e. The first-order valence-corrected chi connectivity index (χ1v) is 16.0. The average Bonchev–Trinajstić information content (AvgIpc) is 3.21. The van der Waals surface area contributed by atoms with Gasteiger partial charge in [-0.3, -0.25) is 9.59 Å². The van der Waals surface area contributed by atoms with Gasteiger partial charge in [-0.05, 0) is 85.3 Å². The second-order valence-corrected chi connectivity index (χ2v) is 14.5. The highest BCUT2D eigenvalue weighted by Gasteiger charge is 2.55. The van der Waals surface area contributed by atoms with Crippen molar-refractivity contribution in [2.45, 2.75) is 122 Å². The third-order valence-corrected chi connectivity index (χ3v) is 7.62. The molecule has 1 aromatic rings. The lowest BCUT2D eigenvalue weighted by atomic mass is 10.00. The van der Waals surface area contributed by atoms with Crippen LogP contribution in [0.25, 0.3) is 0 Å². The lowest BCUT2D eigenvalue weighted by Gasteiger charge is -2.41. The highest BCUT2D eigenvalue weighted by molar-refractivity contribution is 7.99. The van der Waals surface area contributed by atoms with Gasteiger partial charge >= 0.3 is 11.9 Å². The summed E-state index contributed by atoms with van der Waals surface area (Å²) in [4.78, 5) is 25.8. The Hall–Kier alpha value is -1.89. The molecule has 11 heteroatoms. The number of rotatable bonds is 13. The fourth-order valence-corrected chi connectivity index (χ4v) is 5.81. The molecule has 0 radical (unpaired) electrons. The maximum atomic E-state index is 12.9. The molecule has 2 aliphatic rings. The minimum absolute atomic E-state index is 0.105. The van der Waals surface area contributed by atoms with Crippen LogP contribution in [0.3, 0.4) is 0 Å². The highest BCUT2D eigenvalue weighted by atomic mass is 32.2. The molecule has 2 fully saturated rings. The van der Waals surface area contributed by atoms with Crippen LogP contribution in [0, 0.1) is 5.92 Å². The molecular weight excluding hydrogens is 576 g/mol. The normalized spacial score (nSPS) is 25.3. The smallest absolute Gasteiger partial charge is 0.320 e. The SMILES string of the molecule is CCS[C@@H]1O[C@H](COCCC(C(=O)OC(C)(C)C)C(=O)OC(C)(C)C)[C@@H]2OC(C)(C)O[C@@H]2[C@H]1OCc1ccc(OC)cc1. The maximum Gasteiger partial charge on any atom is 0.320 e. The van der Waals surface area contributed by atoms with Crippen LogP contribution < -0.4 is 4.74 Å². The summed E-state index contributed by atoms with van der Waals surface area (Å²) in [6.07, 6.45) is -1.53. The second kappa shape index (κ2) is 14.9. The molecule has 0 amide bonds. The summed E-state index contributed by atoms with van der Waals surface area (Å²) in [5.74, 6) is -1.61. The van der Waals surface area contributed by atoms with Crippen LogP contribution in [0.1, 0.15) is 74.3 Å². The van der Waals surface area contributed by atoms with E-state index in [0.717, 1.165) is 17.1 Å². The van der Waals surface area contributed by atoms with Crippen molar-refractivity contribution in [3.05, 3.63) is 29.8 Å². The Labute approximate surface area is 260 Å². The van der Waals surface area contributed by atoms with Crippen LogP contribution in [0.5, 0.6) is 5.75 Å². The van der Waals surface area contributed by atoms with E-state index in [2.05, 4.69) is 6.92 Å². The summed E-state index contributed by atoms with van der Waals surface area (Å²) in [6, 6.07) is 7.74. The second-order valence-electron chi connectivity index (χ2n) is 13.2. The molecule has 0 spiro atoms. The Morgan fingerprint density at radius 2 is 1.53 bits per heavy atom. The molecule has 43 heavy (non-hydrogen) atoms. The van der Waals surface area contributed by atoms with Crippen LogP contribution >= 0.6 is 11.8 Å². The van der Waals surface area contributed by atoms with Gasteiger partial charge < -0.3 is 37.9 Å². The van der Waals surface area contributed by atoms with Gasteiger partial charge in [0.05, 0.1) is 20.3 Å². The standard InChI is InChI=1S/C32H50O10S/c1-11-43-29-26(37-18-20-12-14-21(35-10)15-13-20)25-24(39-32(8,9)40-25)23(38-29)19-36-17-16-22(27(33)41-30(2,3)4)28(34)42-31(5,6)7/h12-15,22-26,29H,11,16-19H2,1-10H3/t23-,24+,25+,26-,29+/m1/s1. The first kappa shape index (κ1) is 35.6. The van der Waals surface area contributed by atoms with Crippen molar-refractivity contribution in [1.82, 2.24) is 0 Å². The number of hydrogen-bond donors (Lipinski definition) is 0. The molecule has 1 aromatic carbocycles. The van der Waals surface area contributed by atoms with Crippen molar-refractivity contribution >= 4 is 23.7 Å². The minimum Gasteiger partial charge on any atom is -0.497 e. The van der Waals surface area contributed by atoms with Crippen LogP contribution in [-0.2, 0) is 49.4 Å².